The van der Waals surface area contributed by atoms with Gasteiger partial charge in [-0.2, -0.15) is 4.98 Å². The Kier molecular flexibility index (Phi) is 10.1. The molecule has 0 radical (unpaired) electrons. The van der Waals surface area contributed by atoms with Crippen molar-refractivity contribution in [1.29, 1.82) is 0 Å². The number of methoxy groups -OCH3 is 1. The van der Waals surface area contributed by atoms with Crippen molar-refractivity contribution in [3.05, 3.63) is 71.4 Å². The number of benzene rings is 2. The summed E-state index contributed by atoms with van der Waals surface area (Å²) in [6, 6.07) is 11.7. The van der Waals surface area contributed by atoms with Gasteiger partial charge in [-0.1, -0.05) is 30.3 Å². The van der Waals surface area contributed by atoms with Gasteiger partial charge in [-0.05, 0) is 30.3 Å². The van der Waals surface area contributed by atoms with Gasteiger partial charge in [0, 0.05) is 45.0 Å². The molecule has 3 aromatic rings. The molecule has 0 aliphatic carbocycles. The number of anilines is 5. The van der Waals surface area contributed by atoms with Gasteiger partial charge in [0.15, 0.2) is 5.82 Å². The third-order valence-electron chi connectivity index (χ3n) is 6.31. The van der Waals surface area contributed by atoms with Crippen LogP contribution >= 0.6 is 11.6 Å². The number of carbonyl (C=O) groups excluding carboxylic acids is 3. The topological polar surface area (TPSA) is 138 Å². The summed E-state index contributed by atoms with van der Waals surface area (Å²) >= 11 is 6.37. The molecule has 0 spiro atoms. The molecule has 4 rings (SSSR count). The van der Waals surface area contributed by atoms with Crippen molar-refractivity contribution in [3.63, 3.8) is 0 Å². The monoisotopic (exact) mass is 593 g/mol. The van der Waals surface area contributed by atoms with Gasteiger partial charge in [-0.3, -0.25) is 19.3 Å². The van der Waals surface area contributed by atoms with E-state index in [4.69, 9.17) is 21.1 Å². The first-order valence-corrected chi connectivity index (χ1v) is 13.4. The van der Waals surface area contributed by atoms with Crippen molar-refractivity contribution >= 4 is 58.0 Å². The summed E-state index contributed by atoms with van der Waals surface area (Å²) in [7, 11) is 4.53. The van der Waals surface area contributed by atoms with E-state index in [9.17, 15) is 14.4 Å². The van der Waals surface area contributed by atoms with E-state index in [1.54, 1.807) is 42.5 Å². The molecular weight excluding hydrogens is 562 g/mol. The van der Waals surface area contributed by atoms with Crippen LogP contribution in [0.4, 0.5) is 28.8 Å². The van der Waals surface area contributed by atoms with Crippen molar-refractivity contribution in [3.8, 4) is 5.75 Å². The molecule has 13 heteroatoms. The number of hydrogen-bond acceptors (Lipinski definition) is 10. The third-order valence-corrected chi connectivity index (χ3v) is 6.59. The lowest BCUT2D eigenvalue weighted by molar-refractivity contribution is -0.124. The molecule has 2 aromatic carbocycles. The van der Waals surface area contributed by atoms with Crippen LogP contribution in [0.2, 0.25) is 5.02 Å². The van der Waals surface area contributed by atoms with Crippen molar-refractivity contribution < 1.29 is 23.9 Å². The fraction of sp³-hybridized carbons (Fsp3) is 0.276. The van der Waals surface area contributed by atoms with Crippen LogP contribution in [0.3, 0.4) is 0 Å². The lowest BCUT2D eigenvalue weighted by Gasteiger charge is -2.26. The maximum absolute atomic E-state index is 12.8. The standard InChI is InChI=1S/C29H32ClN7O5/c1-18(17-37-11-13-42-14-12-37)27(39)32-19-9-10-24(41-4)23(15-19)34-29-31-16-21(30)26(35-29)33-22-8-6-5-7-20(22)25(38)28(40)36(2)3/h5-10,15-16H,1,11-14,17H2,2-4H3,(H,32,39)(H2,31,33,34,35). The molecule has 1 fully saturated rings. The second-order valence-corrected chi connectivity index (χ2v) is 9.98. The van der Waals surface area contributed by atoms with Crippen LogP contribution < -0.4 is 20.7 Å². The Morgan fingerprint density at radius 2 is 1.83 bits per heavy atom. The zero-order valence-corrected chi connectivity index (χ0v) is 24.3. The first-order chi connectivity index (χ1) is 20.2. The summed E-state index contributed by atoms with van der Waals surface area (Å²) in [5.41, 5.74) is 1.95. The first-order valence-electron chi connectivity index (χ1n) is 13.0. The fourth-order valence-corrected chi connectivity index (χ4v) is 4.21. The number of amides is 2. The van der Waals surface area contributed by atoms with E-state index in [0.717, 1.165) is 13.1 Å². The van der Waals surface area contributed by atoms with E-state index in [1.165, 1.54) is 32.3 Å². The highest BCUT2D eigenvalue weighted by molar-refractivity contribution is 6.43. The molecule has 3 N–H and O–H groups in total. The second kappa shape index (κ2) is 13.9. The molecule has 0 bridgehead atoms. The second-order valence-electron chi connectivity index (χ2n) is 9.58. The summed E-state index contributed by atoms with van der Waals surface area (Å²) in [5, 5.41) is 9.17. The maximum Gasteiger partial charge on any atom is 0.294 e. The van der Waals surface area contributed by atoms with Gasteiger partial charge in [0.25, 0.3) is 17.6 Å². The Bertz CT molecular complexity index is 1490. The number of hydrogen-bond donors (Lipinski definition) is 3. The smallest absolute Gasteiger partial charge is 0.294 e. The summed E-state index contributed by atoms with van der Waals surface area (Å²) in [6.07, 6.45) is 1.39. The van der Waals surface area contributed by atoms with E-state index in [1.807, 2.05) is 0 Å². The van der Waals surface area contributed by atoms with Gasteiger partial charge < -0.3 is 30.3 Å². The molecule has 42 heavy (non-hydrogen) atoms. The Morgan fingerprint density at radius 3 is 2.55 bits per heavy atom. The van der Waals surface area contributed by atoms with E-state index >= 15 is 0 Å². The number of nitrogens with zero attached hydrogens (tertiary/aromatic N) is 4. The Balaban J connectivity index is 1.51. The minimum absolute atomic E-state index is 0.161. The number of ether oxygens (including phenoxy) is 2. The van der Waals surface area contributed by atoms with Gasteiger partial charge in [-0.25, -0.2) is 4.98 Å². The van der Waals surface area contributed by atoms with E-state index < -0.39 is 11.7 Å². The number of Topliss-reactive ketones (excluding diaryl/α,β-unsaturated/α-hetero) is 1. The molecule has 0 saturated carbocycles. The molecule has 0 unspecified atom stereocenters. The highest BCUT2D eigenvalue weighted by Crippen LogP contribution is 2.32. The number of para-hydroxylation sites is 1. The average molecular weight is 594 g/mol. The van der Waals surface area contributed by atoms with Gasteiger partial charge >= 0.3 is 0 Å². The highest BCUT2D eigenvalue weighted by Gasteiger charge is 2.22. The van der Waals surface area contributed by atoms with Crippen molar-refractivity contribution in [2.45, 2.75) is 0 Å². The molecule has 1 saturated heterocycles. The first kappa shape index (κ1) is 30.4. The lowest BCUT2D eigenvalue weighted by Crippen LogP contribution is -2.38. The Hall–Kier alpha value is -4.52. The van der Waals surface area contributed by atoms with E-state index in [2.05, 4.69) is 37.4 Å². The number of rotatable bonds is 11. The number of nitrogens with one attached hydrogen (secondary N) is 3. The quantitative estimate of drug-likeness (QED) is 0.171. The SMILES string of the molecule is C=C(CN1CCOCC1)C(=O)Nc1ccc(OC)c(Nc2ncc(Cl)c(Nc3ccccc3C(=O)C(=O)N(C)C)n2)c1. The number of carbonyl (C=O) groups is 3. The van der Waals surface area contributed by atoms with Crippen LogP contribution in [0.1, 0.15) is 10.4 Å². The normalized spacial score (nSPS) is 13.1. The van der Waals surface area contributed by atoms with Crippen LogP contribution in [0.15, 0.2) is 60.8 Å². The number of morpholine rings is 1. The van der Waals surface area contributed by atoms with Gasteiger partial charge in [-0.15, -0.1) is 0 Å². The Labute approximate surface area is 248 Å². The van der Waals surface area contributed by atoms with Crippen LogP contribution in [0.5, 0.6) is 5.75 Å². The van der Waals surface area contributed by atoms with Crippen LogP contribution in [0, 0.1) is 0 Å². The summed E-state index contributed by atoms with van der Waals surface area (Å²) in [6.45, 7) is 7.15. The zero-order chi connectivity index (χ0) is 30.2. The van der Waals surface area contributed by atoms with Gasteiger partial charge in [0.1, 0.15) is 10.8 Å². The number of aromatic nitrogens is 2. The summed E-state index contributed by atoms with van der Waals surface area (Å²) in [5.74, 6) is -0.797. The number of halogens is 1. The molecule has 1 aliphatic heterocycles. The number of ketones is 1. The largest absolute Gasteiger partial charge is 0.495 e. The van der Waals surface area contributed by atoms with Crippen LogP contribution in [-0.2, 0) is 14.3 Å². The maximum atomic E-state index is 12.8. The molecule has 2 heterocycles. The summed E-state index contributed by atoms with van der Waals surface area (Å²) < 4.78 is 10.8. The van der Waals surface area contributed by atoms with Crippen molar-refractivity contribution in [2.75, 3.05) is 70.0 Å². The predicted molar refractivity (Wildman–Crippen MR) is 161 cm³/mol. The molecule has 2 amide bonds. The molecule has 220 valence electrons. The molecule has 1 aliphatic rings. The minimum Gasteiger partial charge on any atom is -0.495 e. The number of likely N-dealkylation sites (N-methyl/N-ethyl adjacent to an activating group) is 1. The highest BCUT2D eigenvalue weighted by atomic mass is 35.5. The lowest BCUT2D eigenvalue weighted by atomic mass is 10.1. The zero-order valence-electron chi connectivity index (χ0n) is 23.6. The average Bonchev–Trinajstić information content (AvgIpc) is 2.99. The van der Waals surface area contributed by atoms with Crippen LogP contribution in [0.25, 0.3) is 0 Å². The molecule has 0 atom stereocenters. The van der Waals surface area contributed by atoms with Crippen molar-refractivity contribution in [1.82, 2.24) is 19.8 Å². The molecular formula is C29H32ClN7O5. The molecule has 12 nitrogen and oxygen atoms in total. The van der Waals surface area contributed by atoms with Crippen molar-refractivity contribution in [2.24, 2.45) is 0 Å². The molecule has 1 aromatic heterocycles. The van der Waals surface area contributed by atoms with E-state index in [0.29, 0.717) is 48.1 Å². The van der Waals surface area contributed by atoms with E-state index in [-0.39, 0.29) is 28.3 Å². The summed E-state index contributed by atoms with van der Waals surface area (Å²) in [4.78, 5) is 49.9. The Morgan fingerprint density at radius 1 is 1.10 bits per heavy atom. The van der Waals surface area contributed by atoms with Gasteiger partial charge in [0.2, 0.25) is 5.95 Å². The minimum atomic E-state index is -0.678. The fourth-order valence-electron chi connectivity index (χ4n) is 4.08. The van der Waals surface area contributed by atoms with Crippen LogP contribution in [-0.4, -0.2) is 91.4 Å². The third kappa shape index (κ3) is 7.60. The van der Waals surface area contributed by atoms with Gasteiger partial charge in [0.05, 0.1) is 43.5 Å². The predicted octanol–water partition coefficient (Wildman–Crippen LogP) is 3.72.